The maximum Gasteiger partial charge on any atom is 0.316 e. The van der Waals surface area contributed by atoms with Gasteiger partial charge in [0.1, 0.15) is 11.6 Å². The molecule has 2 aromatic rings. The first-order valence-corrected chi connectivity index (χ1v) is 9.21. The molecular weight excluding hydrogens is 366 g/mol. The highest BCUT2D eigenvalue weighted by Crippen LogP contribution is 2.74. The van der Waals surface area contributed by atoms with Crippen LogP contribution < -0.4 is 4.74 Å². The summed E-state index contributed by atoms with van der Waals surface area (Å²) in [6.45, 7) is 0.480. The zero-order chi connectivity index (χ0) is 19.4. The van der Waals surface area contributed by atoms with Crippen LogP contribution >= 0.6 is 0 Å². The zero-order valence-electron chi connectivity index (χ0n) is 15.0. The molecule has 0 spiro atoms. The Morgan fingerprint density at radius 2 is 1.82 bits per heavy atom. The number of amides is 1. The Morgan fingerprint density at radius 1 is 1.14 bits per heavy atom. The van der Waals surface area contributed by atoms with Gasteiger partial charge in [-0.25, -0.2) is 23.8 Å². The Labute approximate surface area is 160 Å². The molecule has 3 fully saturated rings. The summed E-state index contributed by atoms with van der Waals surface area (Å²) in [4.78, 5) is 21.2. The molecule has 3 saturated carbocycles. The molecule has 3 aliphatic carbocycles. The second kappa shape index (κ2) is 6.05. The molecule has 6 rings (SSSR count). The quantitative estimate of drug-likeness (QED) is 0.794. The van der Waals surface area contributed by atoms with E-state index in [0.29, 0.717) is 24.6 Å². The fourth-order valence-corrected chi connectivity index (χ4v) is 4.85. The molecule has 6 nitrogen and oxygen atoms in total. The van der Waals surface area contributed by atoms with E-state index in [2.05, 4.69) is 15.1 Å². The summed E-state index contributed by atoms with van der Waals surface area (Å²) in [5, 5.41) is 5.61. The van der Waals surface area contributed by atoms with Crippen molar-refractivity contribution in [2.45, 2.75) is 31.7 Å². The molecule has 1 aromatic heterocycles. The van der Waals surface area contributed by atoms with E-state index in [0.717, 1.165) is 25.3 Å². The fraction of sp³-hybridized carbons (Fsp3) is 0.400. The number of aromatic nitrogens is 2. The summed E-state index contributed by atoms with van der Waals surface area (Å²) in [6, 6.07) is 4.95. The van der Waals surface area contributed by atoms with Crippen LogP contribution in [-0.2, 0) is 4.79 Å². The predicted octanol–water partition coefficient (Wildman–Crippen LogP) is 3.26. The Hall–Kier alpha value is -2.90. The van der Waals surface area contributed by atoms with Crippen LogP contribution in [-0.4, -0.2) is 33.7 Å². The zero-order valence-corrected chi connectivity index (χ0v) is 15.0. The first kappa shape index (κ1) is 17.2. The number of hydrogen-bond acceptors (Lipinski definition) is 5. The lowest BCUT2D eigenvalue weighted by atomic mass is 9.35. The van der Waals surface area contributed by atoms with E-state index in [1.54, 1.807) is 24.7 Å². The van der Waals surface area contributed by atoms with E-state index in [9.17, 15) is 13.6 Å². The molecule has 1 unspecified atom stereocenters. The molecule has 1 amide bonds. The van der Waals surface area contributed by atoms with E-state index in [4.69, 9.17) is 4.74 Å². The summed E-state index contributed by atoms with van der Waals surface area (Å²) >= 11 is 0. The number of carbonyl (C=O) groups excluding carboxylic acids is 1. The standard InChI is InChI=1S/C20H18F2N4O2/c21-14-6-13(7-15(22)8-14)16-2-5-25-26(16)17(27)20-9-19(10-20,11-20)12-28-18-23-3-1-4-24-18/h1,3-8,16H,2,9-12H2. The molecule has 1 atom stereocenters. The largest absolute Gasteiger partial charge is 0.463 e. The fourth-order valence-electron chi connectivity index (χ4n) is 4.85. The third kappa shape index (κ3) is 2.66. The summed E-state index contributed by atoms with van der Waals surface area (Å²) in [5.74, 6) is -1.38. The van der Waals surface area contributed by atoms with Crippen molar-refractivity contribution in [3.05, 3.63) is 53.9 Å². The van der Waals surface area contributed by atoms with Gasteiger partial charge < -0.3 is 4.74 Å². The van der Waals surface area contributed by atoms with Gasteiger partial charge in [-0.2, -0.15) is 5.10 Å². The average molecular weight is 384 g/mol. The molecule has 8 heteroatoms. The van der Waals surface area contributed by atoms with Gasteiger partial charge in [-0.15, -0.1) is 0 Å². The normalized spacial score (nSPS) is 29.9. The summed E-state index contributed by atoms with van der Waals surface area (Å²) < 4.78 is 32.8. The van der Waals surface area contributed by atoms with E-state index >= 15 is 0 Å². The lowest BCUT2D eigenvalue weighted by molar-refractivity contribution is -0.227. The second-order valence-corrected chi connectivity index (χ2v) is 8.03. The maximum atomic E-state index is 13.6. The van der Waals surface area contributed by atoms with Crippen molar-refractivity contribution in [3.63, 3.8) is 0 Å². The molecule has 2 heterocycles. The molecule has 0 N–H and O–H groups in total. The first-order valence-electron chi connectivity index (χ1n) is 9.21. The van der Waals surface area contributed by atoms with E-state index in [1.165, 1.54) is 17.1 Å². The van der Waals surface area contributed by atoms with Crippen LogP contribution in [0.3, 0.4) is 0 Å². The van der Waals surface area contributed by atoms with Gasteiger partial charge in [-0.3, -0.25) is 4.79 Å². The molecule has 144 valence electrons. The molecule has 1 aromatic carbocycles. The SMILES string of the molecule is O=C(N1N=CCC1c1cc(F)cc(F)c1)C12CC(COc3ncccn3)(C1)C2. The van der Waals surface area contributed by atoms with Crippen molar-refractivity contribution in [1.29, 1.82) is 0 Å². The highest BCUT2D eigenvalue weighted by molar-refractivity contribution is 5.88. The van der Waals surface area contributed by atoms with Crippen LogP contribution in [0.25, 0.3) is 0 Å². The number of rotatable bonds is 5. The van der Waals surface area contributed by atoms with Gasteiger partial charge >= 0.3 is 6.01 Å². The number of nitrogens with zero attached hydrogens (tertiary/aromatic N) is 4. The van der Waals surface area contributed by atoms with Gasteiger partial charge in [0.2, 0.25) is 5.91 Å². The van der Waals surface area contributed by atoms with Crippen LogP contribution in [0.15, 0.2) is 41.8 Å². The number of hydrogen-bond donors (Lipinski definition) is 0. The Morgan fingerprint density at radius 3 is 2.50 bits per heavy atom. The van der Waals surface area contributed by atoms with Gasteiger partial charge in [-0.05, 0) is 43.0 Å². The number of halogens is 2. The molecular formula is C20H18F2N4O2. The van der Waals surface area contributed by atoms with Crippen molar-refractivity contribution in [2.24, 2.45) is 15.9 Å². The van der Waals surface area contributed by atoms with E-state index in [-0.39, 0.29) is 11.3 Å². The summed E-state index contributed by atoms with van der Waals surface area (Å²) in [5.41, 5.74) is -0.0277. The van der Waals surface area contributed by atoms with Crippen molar-refractivity contribution >= 4 is 12.1 Å². The number of carbonyl (C=O) groups is 1. The van der Waals surface area contributed by atoms with Crippen LogP contribution in [0.4, 0.5) is 8.78 Å². The van der Waals surface area contributed by atoms with Crippen LogP contribution in [0.1, 0.15) is 37.3 Å². The minimum absolute atomic E-state index is 0.0151. The monoisotopic (exact) mass is 384 g/mol. The summed E-state index contributed by atoms with van der Waals surface area (Å²) in [6.07, 6.45) is 7.49. The maximum absolute atomic E-state index is 13.6. The van der Waals surface area contributed by atoms with Gasteiger partial charge in [0.05, 0.1) is 18.1 Å². The Balaban J connectivity index is 1.25. The molecule has 28 heavy (non-hydrogen) atoms. The van der Waals surface area contributed by atoms with Crippen molar-refractivity contribution in [2.75, 3.05) is 6.61 Å². The Bertz CT molecular complexity index is 926. The highest BCUT2D eigenvalue weighted by Gasteiger charge is 2.73. The van der Waals surface area contributed by atoms with Crippen LogP contribution in [0, 0.1) is 22.5 Å². The topological polar surface area (TPSA) is 67.7 Å². The number of ether oxygens (including phenoxy) is 1. The highest BCUT2D eigenvalue weighted by atomic mass is 19.1. The third-order valence-corrected chi connectivity index (χ3v) is 5.95. The first-order chi connectivity index (χ1) is 13.5. The molecule has 0 saturated heterocycles. The molecule has 2 bridgehead atoms. The van der Waals surface area contributed by atoms with Crippen LogP contribution in [0.5, 0.6) is 6.01 Å². The molecule has 4 aliphatic rings. The van der Waals surface area contributed by atoms with Gasteiger partial charge in [0.25, 0.3) is 0 Å². The lowest BCUT2D eigenvalue weighted by Crippen LogP contribution is -2.69. The van der Waals surface area contributed by atoms with Gasteiger partial charge in [0.15, 0.2) is 0 Å². The predicted molar refractivity (Wildman–Crippen MR) is 95.3 cm³/mol. The molecule has 0 radical (unpaired) electrons. The second-order valence-electron chi connectivity index (χ2n) is 8.03. The smallest absolute Gasteiger partial charge is 0.316 e. The van der Waals surface area contributed by atoms with E-state index in [1.807, 2.05) is 0 Å². The third-order valence-electron chi connectivity index (χ3n) is 5.95. The van der Waals surface area contributed by atoms with Crippen LogP contribution in [0.2, 0.25) is 0 Å². The minimum atomic E-state index is -0.654. The van der Waals surface area contributed by atoms with E-state index < -0.39 is 23.1 Å². The summed E-state index contributed by atoms with van der Waals surface area (Å²) in [7, 11) is 0. The Kier molecular flexibility index (Phi) is 3.72. The van der Waals surface area contributed by atoms with Crippen molar-refractivity contribution in [3.8, 4) is 6.01 Å². The van der Waals surface area contributed by atoms with Crippen molar-refractivity contribution in [1.82, 2.24) is 15.0 Å². The molecule has 1 aliphatic heterocycles. The van der Waals surface area contributed by atoms with Gasteiger partial charge in [-0.1, -0.05) is 0 Å². The minimum Gasteiger partial charge on any atom is -0.463 e. The average Bonchev–Trinajstić information content (AvgIpc) is 3.09. The number of benzene rings is 1. The van der Waals surface area contributed by atoms with Crippen molar-refractivity contribution < 1.29 is 18.3 Å². The lowest BCUT2D eigenvalue weighted by Gasteiger charge is -2.69. The van der Waals surface area contributed by atoms with Gasteiger partial charge in [0, 0.05) is 36.5 Å². The number of hydrazone groups is 1.